The van der Waals surface area contributed by atoms with E-state index in [9.17, 15) is 24.3 Å². The number of carbonyl (C=O) groups is 4. The van der Waals surface area contributed by atoms with E-state index in [-0.39, 0.29) is 29.8 Å². The number of alkyl carbamates (subject to hydrolysis) is 1. The second-order valence-electron chi connectivity index (χ2n) is 15.7. The SMILES string of the molecule is COC(=O)N[C@@H](C(=O)N1CCC[C@H]1c1nc2ccc(-c3ccc(-c4ccc(-c5cnc([C@@H]6CCCN6C(=O)[C@H](NC(=O)O)c6ccccc6)[nH]5)cc4)cc3)cc2[nH]1)C(C)C. The number of methoxy groups -OCH3 is 1. The van der Waals surface area contributed by atoms with E-state index in [1.165, 1.54) is 7.11 Å². The summed E-state index contributed by atoms with van der Waals surface area (Å²) in [6.45, 7) is 4.91. The van der Waals surface area contributed by atoms with E-state index < -0.39 is 24.3 Å². The first kappa shape index (κ1) is 39.8. The van der Waals surface area contributed by atoms with Crippen LogP contribution in [0.25, 0.3) is 44.5 Å². The van der Waals surface area contributed by atoms with Crippen molar-refractivity contribution < 1.29 is 29.0 Å². The molecule has 0 saturated carbocycles. The zero-order valence-electron chi connectivity index (χ0n) is 33.7. The molecule has 4 atom stereocenters. The number of nitrogens with zero attached hydrogens (tertiary/aromatic N) is 4. The lowest BCUT2D eigenvalue weighted by Crippen LogP contribution is -2.51. The summed E-state index contributed by atoms with van der Waals surface area (Å²) < 4.78 is 4.77. The maximum atomic E-state index is 13.7. The smallest absolute Gasteiger partial charge is 0.407 e. The molecular formula is C46H48N8O6. The number of aromatic amines is 2. The van der Waals surface area contributed by atoms with Gasteiger partial charge in [0.15, 0.2) is 0 Å². The molecule has 2 aliphatic heterocycles. The van der Waals surface area contributed by atoms with Gasteiger partial charge in [-0.2, -0.15) is 0 Å². The number of nitrogens with one attached hydrogen (secondary N) is 4. The molecule has 308 valence electrons. The third-order valence-corrected chi connectivity index (χ3v) is 11.6. The minimum absolute atomic E-state index is 0.111. The summed E-state index contributed by atoms with van der Waals surface area (Å²) in [5, 5.41) is 14.6. The van der Waals surface area contributed by atoms with Crippen molar-refractivity contribution in [1.29, 1.82) is 0 Å². The second kappa shape index (κ2) is 17.1. The number of imidazole rings is 2. The first-order chi connectivity index (χ1) is 29.1. The van der Waals surface area contributed by atoms with E-state index in [1.54, 1.807) is 35.4 Å². The first-order valence-corrected chi connectivity index (χ1v) is 20.3. The average molecular weight is 809 g/mol. The van der Waals surface area contributed by atoms with Crippen molar-refractivity contribution in [2.45, 2.75) is 63.7 Å². The predicted octanol–water partition coefficient (Wildman–Crippen LogP) is 8.00. The fraction of sp³-hybridized carbons (Fsp3) is 0.304. The molecule has 2 aliphatic rings. The Morgan fingerprint density at radius 2 is 1.32 bits per heavy atom. The van der Waals surface area contributed by atoms with E-state index in [2.05, 4.69) is 74.1 Å². The van der Waals surface area contributed by atoms with Crippen LogP contribution in [0.2, 0.25) is 0 Å². The summed E-state index contributed by atoms with van der Waals surface area (Å²) in [4.78, 5) is 71.0. The minimum atomic E-state index is -1.26. The van der Waals surface area contributed by atoms with Gasteiger partial charge in [-0.15, -0.1) is 0 Å². The third kappa shape index (κ3) is 8.17. The van der Waals surface area contributed by atoms with Crippen LogP contribution >= 0.6 is 0 Å². The molecule has 2 saturated heterocycles. The number of ether oxygens (including phenoxy) is 1. The highest BCUT2D eigenvalue weighted by Crippen LogP contribution is 2.36. The summed E-state index contributed by atoms with van der Waals surface area (Å²) >= 11 is 0. The lowest BCUT2D eigenvalue weighted by atomic mass is 9.99. The molecule has 0 aliphatic carbocycles. The van der Waals surface area contributed by atoms with Crippen molar-refractivity contribution in [3.05, 3.63) is 120 Å². The van der Waals surface area contributed by atoms with Crippen LogP contribution in [0, 0.1) is 5.92 Å². The molecule has 2 fully saturated rings. The topological polar surface area (TPSA) is 186 Å². The normalized spacial score (nSPS) is 17.5. The molecule has 14 heteroatoms. The van der Waals surface area contributed by atoms with Gasteiger partial charge in [0.1, 0.15) is 23.7 Å². The number of carbonyl (C=O) groups excluding carboxylic acids is 3. The zero-order valence-corrected chi connectivity index (χ0v) is 33.7. The number of H-pyrrole nitrogens is 2. The molecule has 0 spiro atoms. The van der Waals surface area contributed by atoms with E-state index in [4.69, 9.17) is 9.72 Å². The Labute approximate surface area is 347 Å². The fourth-order valence-corrected chi connectivity index (χ4v) is 8.45. The van der Waals surface area contributed by atoms with Gasteiger partial charge in [0.25, 0.3) is 5.91 Å². The van der Waals surface area contributed by atoms with Gasteiger partial charge in [0, 0.05) is 13.1 Å². The van der Waals surface area contributed by atoms with Gasteiger partial charge in [-0.25, -0.2) is 19.6 Å². The highest BCUT2D eigenvalue weighted by atomic mass is 16.5. The van der Waals surface area contributed by atoms with Gasteiger partial charge >= 0.3 is 12.2 Å². The van der Waals surface area contributed by atoms with E-state index in [0.717, 1.165) is 76.1 Å². The number of carboxylic acid groups (broad SMARTS) is 1. The molecule has 0 radical (unpaired) electrons. The number of hydrogen-bond donors (Lipinski definition) is 5. The Kier molecular flexibility index (Phi) is 11.4. The summed E-state index contributed by atoms with van der Waals surface area (Å²) in [7, 11) is 1.29. The highest BCUT2D eigenvalue weighted by molar-refractivity contribution is 5.88. The van der Waals surface area contributed by atoms with Crippen LogP contribution in [-0.2, 0) is 14.3 Å². The van der Waals surface area contributed by atoms with Gasteiger partial charge < -0.3 is 40.2 Å². The van der Waals surface area contributed by atoms with Crippen LogP contribution in [0.3, 0.4) is 0 Å². The monoisotopic (exact) mass is 808 g/mol. The van der Waals surface area contributed by atoms with E-state index in [1.807, 2.05) is 43.0 Å². The molecule has 4 heterocycles. The molecule has 60 heavy (non-hydrogen) atoms. The fourth-order valence-electron chi connectivity index (χ4n) is 8.45. The molecular weight excluding hydrogens is 761 g/mol. The summed E-state index contributed by atoms with van der Waals surface area (Å²) in [5.41, 5.74) is 8.29. The van der Waals surface area contributed by atoms with Crippen molar-refractivity contribution in [2.24, 2.45) is 5.92 Å². The van der Waals surface area contributed by atoms with Gasteiger partial charge in [-0.05, 0) is 77.1 Å². The van der Waals surface area contributed by atoms with E-state index >= 15 is 0 Å². The van der Waals surface area contributed by atoms with Crippen molar-refractivity contribution >= 4 is 35.0 Å². The number of benzene rings is 4. The van der Waals surface area contributed by atoms with Crippen LogP contribution in [0.4, 0.5) is 9.59 Å². The number of aromatic nitrogens is 4. The van der Waals surface area contributed by atoms with Crippen LogP contribution in [0.1, 0.15) is 74.9 Å². The number of fused-ring (bicyclic) bond motifs is 1. The van der Waals surface area contributed by atoms with Crippen LogP contribution < -0.4 is 10.6 Å². The molecule has 4 amide bonds. The standard InChI is InChI=1S/C46H48N8O6/c1-27(2)39(52-46(59)60-3)43(55)54-24-8-12-38(54)42-48-34-22-21-33(25-35(34)49-42)30-15-13-28(14-16-30)29-17-19-31(20-18-29)36-26-47-41(50-36)37-11-7-23-53(37)44(56)40(51-45(57)58)32-9-5-4-6-10-32/h4-6,9-10,13-22,25-27,37-40,51H,7-8,11-12,23-24H2,1-3H3,(H,47,50)(H,48,49)(H,52,59)(H,57,58)/t37-,38-,39+,40+/m0/s1. The van der Waals surface area contributed by atoms with Crippen molar-refractivity contribution in [3.63, 3.8) is 0 Å². The molecule has 0 unspecified atom stereocenters. The first-order valence-electron chi connectivity index (χ1n) is 20.3. The lowest BCUT2D eigenvalue weighted by molar-refractivity contribution is -0.135. The molecule has 5 N–H and O–H groups in total. The Hall–Kier alpha value is -6.96. The Morgan fingerprint density at radius 3 is 1.93 bits per heavy atom. The summed E-state index contributed by atoms with van der Waals surface area (Å²) in [6.07, 6.45) is 3.02. The molecule has 8 rings (SSSR count). The minimum Gasteiger partial charge on any atom is -0.465 e. The average Bonchev–Trinajstić information content (AvgIpc) is 4.11. The summed E-state index contributed by atoms with van der Waals surface area (Å²) in [5.74, 6) is 0.848. The van der Waals surface area contributed by atoms with Crippen molar-refractivity contribution in [3.8, 4) is 33.5 Å². The maximum Gasteiger partial charge on any atom is 0.407 e. The largest absolute Gasteiger partial charge is 0.465 e. The number of rotatable bonds is 11. The predicted molar refractivity (Wildman–Crippen MR) is 226 cm³/mol. The van der Waals surface area contributed by atoms with Gasteiger partial charge in [0.05, 0.1) is 42.1 Å². The van der Waals surface area contributed by atoms with Crippen molar-refractivity contribution in [2.75, 3.05) is 20.2 Å². The molecule has 0 bridgehead atoms. The zero-order chi connectivity index (χ0) is 41.9. The number of hydrogen-bond acceptors (Lipinski definition) is 7. The Morgan fingerprint density at radius 1 is 0.733 bits per heavy atom. The van der Waals surface area contributed by atoms with Gasteiger partial charge in [0.2, 0.25) is 5.91 Å². The lowest BCUT2D eigenvalue weighted by Gasteiger charge is -2.29. The van der Waals surface area contributed by atoms with Gasteiger partial charge in [-0.3, -0.25) is 9.59 Å². The summed E-state index contributed by atoms with van der Waals surface area (Å²) in [6, 6.07) is 29.5. The number of amides is 4. The third-order valence-electron chi connectivity index (χ3n) is 11.6. The van der Waals surface area contributed by atoms with Crippen LogP contribution in [-0.4, -0.2) is 85.1 Å². The van der Waals surface area contributed by atoms with Crippen LogP contribution in [0.15, 0.2) is 103 Å². The van der Waals surface area contributed by atoms with E-state index in [0.29, 0.717) is 24.5 Å². The highest BCUT2D eigenvalue weighted by Gasteiger charge is 2.38. The van der Waals surface area contributed by atoms with Gasteiger partial charge in [-0.1, -0.05) is 98.8 Å². The molecule has 6 aromatic rings. The number of likely N-dealkylation sites (tertiary alicyclic amines) is 2. The second-order valence-corrected chi connectivity index (χ2v) is 15.7. The molecule has 4 aromatic carbocycles. The molecule has 14 nitrogen and oxygen atoms in total. The van der Waals surface area contributed by atoms with Crippen LogP contribution in [0.5, 0.6) is 0 Å². The Balaban J connectivity index is 0.936. The quantitative estimate of drug-likeness (QED) is 0.0872. The maximum absolute atomic E-state index is 13.7. The Bertz CT molecular complexity index is 2500. The molecule has 2 aromatic heterocycles. The van der Waals surface area contributed by atoms with Crippen molar-refractivity contribution in [1.82, 2.24) is 40.4 Å².